The Kier molecular flexibility index (Phi) is 4.59. The molecule has 1 fully saturated rings. The van der Waals surface area contributed by atoms with Crippen molar-refractivity contribution in [2.24, 2.45) is 10.9 Å². The maximum absolute atomic E-state index is 10.9. The van der Waals surface area contributed by atoms with Crippen LogP contribution >= 0.6 is 0 Å². The van der Waals surface area contributed by atoms with E-state index in [9.17, 15) is 10.1 Å². The highest BCUT2D eigenvalue weighted by atomic mass is 16.6. The van der Waals surface area contributed by atoms with Gasteiger partial charge in [0, 0.05) is 38.0 Å². The molecule has 0 bridgehead atoms. The molecular weight excluding hydrogens is 276 g/mol. The first-order valence-electron chi connectivity index (χ1n) is 6.61. The molecule has 3 N–H and O–H groups in total. The van der Waals surface area contributed by atoms with E-state index < -0.39 is 4.92 Å². The van der Waals surface area contributed by atoms with Gasteiger partial charge in [-0.1, -0.05) is 5.16 Å². The molecule has 0 amide bonds. The van der Waals surface area contributed by atoms with Crippen molar-refractivity contribution in [1.82, 2.24) is 0 Å². The van der Waals surface area contributed by atoms with E-state index in [-0.39, 0.29) is 17.6 Å². The fourth-order valence-electron chi connectivity index (χ4n) is 2.52. The zero-order valence-electron chi connectivity index (χ0n) is 11.7. The number of non-ortho nitro benzene ring substituents is 1. The molecule has 1 heterocycles. The molecule has 2 rings (SSSR count). The second-order valence-corrected chi connectivity index (χ2v) is 4.89. The number of nitrogens with two attached hydrogens (primary N) is 1. The third-order valence-electron chi connectivity index (χ3n) is 3.63. The van der Waals surface area contributed by atoms with E-state index in [0.717, 1.165) is 19.4 Å². The number of hydrogen-bond donors (Lipinski definition) is 2. The quantitative estimate of drug-likeness (QED) is 0.284. The summed E-state index contributed by atoms with van der Waals surface area (Å²) in [6, 6.07) is 4.37. The summed E-state index contributed by atoms with van der Waals surface area (Å²) in [6.07, 6.45) is 2.03. The van der Waals surface area contributed by atoms with Crippen LogP contribution in [0.1, 0.15) is 18.4 Å². The number of ether oxygens (including phenoxy) is 1. The highest BCUT2D eigenvalue weighted by Crippen LogP contribution is 2.28. The minimum Gasteiger partial charge on any atom is -0.409 e. The number of piperidine rings is 1. The summed E-state index contributed by atoms with van der Waals surface area (Å²) in [5.74, 6) is -0.145. The summed E-state index contributed by atoms with van der Waals surface area (Å²) in [4.78, 5) is 12.4. The normalized spacial score (nSPS) is 19.6. The number of methoxy groups -OCH3 is 1. The Balaban J connectivity index is 2.40. The van der Waals surface area contributed by atoms with Gasteiger partial charge in [0.05, 0.1) is 16.6 Å². The van der Waals surface area contributed by atoms with Crippen LogP contribution in [0.25, 0.3) is 0 Å². The number of anilines is 1. The van der Waals surface area contributed by atoms with Gasteiger partial charge in [-0.25, -0.2) is 0 Å². The van der Waals surface area contributed by atoms with Crippen LogP contribution < -0.4 is 10.6 Å². The molecule has 0 aromatic heterocycles. The molecule has 1 aromatic carbocycles. The second-order valence-electron chi connectivity index (χ2n) is 4.89. The van der Waals surface area contributed by atoms with Gasteiger partial charge in [-0.2, -0.15) is 0 Å². The Hall–Kier alpha value is -2.35. The maximum atomic E-state index is 10.9. The third-order valence-corrected chi connectivity index (χ3v) is 3.63. The smallest absolute Gasteiger partial charge is 0.270 e. The molecular formula is C13H18N4O4. The predicted octanol–water partition coefficient (Wildman–Crippen LogP) is 1.30. The molecule has 0 saturated carbocycles. The van der Waals surface area contributed by atoms with Crippen LogP contribution in [0.2, 0.25) is 0 Å². The summed E-state index contributed by atoms with van der Waals surface area (Å²) in [7, 11) is 1.66. The van der Waals surface area contributed by atoms with E-state index in [2.05, 4.69) is 5.16 Å². The molecule has 1 aliphatic heterocycles. The van der Waals surface area contributed by atoms with Crippen molar-refractivity contribution in [2.45, 2.75) is 18.9 Å². The number of hydrogen-bond acceptors (Lipinski definition) is 6. The molecule has 1 unspecified atom stereocenters. The van der Waals surface area contributed by atoms with Crippen LogP contribution in [0.3, 0.4) is 0 Å². The first kappa shape index (κ1) is 15.0. The largest absolute Gasteiger partial charge is 0.409 e. The number of oxime groups is 1. The van der Waals surface area contributed by atoms with E-state index in [0.29, 0.717) is 17.8 Å². The van der Waals surface area contributed by atoms with Gasteiger partial charge in [0.2, 0.25) is 0 Å². The summed E-state index contributed by atoms with van der Waals surface area (Å²) in [5, 5.41) is 22.7. The summed E-state index contributed by atoms with van der Waals surface area (Å²) < 4.78 is 5.37. The molecule has 114 valence electrons. The monoisotopic (exact) mass is 294 g/mol. The topological polar surface area (TPSA) is 114 Å². The Morgan fingerprint density at radius 3 is 3.00 bits per heavy atom. The molecule has 1 saturated heterocycles. The molecule has 0 aliphatic carbocycles. The van der Waals surface area contributed by atoms with Gasteiger partial charge in [0.1, 0.15) is 0 Å². The standard InChI is InChI=1S/C13H18N4O4/c1-21-10-3-2-6-16(8-10)12-5-4-9(17(19)20)7-11(12)13(14)15-18/h4-5,7,10,18H,2-3,6,8H2,1H3,(H2,14,15). The number of rotatable bonds is 4. The number of amidine groups is 1. The average Bonchev–Trinajstić information content (AvgIpc) is 2.53. The Morgan fingerprint density at radius 2 is 2.38 bits per heavy atom. The molecule has 0 radical (unpaired) electrons. The Morgan fingerprint density at radius 1 is 1.62 bits per heavy atom. The fraction of sp³-hybridized carbons (Fsp3) is 0.462. The van der Waals surface area contributed by atoms with Crippen LogP contribution in [-0.4, -0.2) is 42.3 Å². The van der Waals surface area contributed by atoms with Crippen LogP contribution in [0.5, 0.6) is 0 Å². The minimum absolute atomic E-state index is 0.0966. The van der Waals surface area contributed by atoms with Crippen molar-refractivity contribution in [1.29, 1.82) is 0 Å². The molecule has 21 heavy (non-hydrogen) atoms. The molecule has 8 nitrogen and oxygen atoms in total. The van der Waals surface area contributed by atoms with E-state index in [4.69, 9.17) is 15.7 Å². The van der Waals surface area contributed by atoms with Crippen LogP contribution in [0, 0.1) is 10.1 Å². The molecule has 1 aromatic rings. The third kappa shape index (κ3) is 3.22. The highest BCUT2D eigenvalue weighted by molar-refractivity contribution is 6.02. The van der Waals surface area contributed by atoms with Crippen molar-refractivity contribution in [3.63, 3.8) is 0 Å². The minimum atomic E-state index is -0.508. The number of nitro benzene ring substituents is 1. The average molecular weight is 294 g/mol. The first-order chi connectivity index (χ1) is 10.1. The highest BCUT2D eigenvalue weighted by Gasteiger charge is 2.24. The van der Waals surface area contributed by atoms with Crippen LogP contribution in [0.15, 0.2) is 23.4 Å². The van der Waals surface area contributed by atoms with Crippen molar-refractivity contribution in [2.75, 3.05) is 25.1 Å². The van der Waals surface area contributed by atoms with Crippen molar-refractivity contribution < 1.29 is 14.9 Å². The summed E-state index contributed by atoms with van der Waals surface area (Å²) in [6.45, 7) is 1.46. The SMILES string of the molecule is COC1CCCN(c2ccc([N+](=O)[O-])cc2/C(N)=N/O)C1. The van der Waals surface area contributed by atoms with E-state index in [1.54, 1.807) is 13.2 Å². The molecule has 0 spiro atoms. The Bertz CT molecular complexity index is 561. The summed E-state index contributed by atoms with van der Waals surface area (Å²) in [5.41, 5.74) is 6.62. The zero-order valence-corrected chi connectivity index (χ0v) is 11.7. The van der Waals surface area contributed by atoms with E-state index >= 15 is 0 Å². The predicted molar refractivity (Wildman–Crippen MR) is 77.9 cm³/mol. The summed E-state index contributed by atoms with van der Waals surface area (Å²) >= 11 is 0. The lowest BCUT2D eigenvalue weighted by Crippen LogP contribution is -2.40. The van der Waals surface area contributed by atoms with Gasteiger partial charge < -0.3 is 20.6 Å². The van der Waals surface area contributed by atoms with Gasteiger partial charge in [-0.3, -0.25) is 10.1 Å². The number of nitrogens with zero attached hydrogens (tertiary/aromatic N) is 3. The molecule has 8 heteroatoms. The Labute approximate surface area is 121 Å². The zero-order chi connectivity index (χ0) is 15.4. The van der Waals surface area contributed by atoms with Crippen molar-refractivity contribution in [3.05, 3.63) is 33.9 Å². The van der Waals surface area contributed by atoms with Gasteiger partial charge in [-0.15, -0.1) is 0 Å². The van der Waals surface area contributed by atoms with E-state index in [1.165, 1.54) is 12.1 Å². The fourth-order valence-corrected chi connectivity index (χ4v) is 2.52. The van der Waals surface area contributed by atoms with Gasteiger partial charge >= 0.3 is 0 Å². The van der Waals surface area contributed by atoms with Gasteiger partial charge in [-0.05, 0) is 18.9 Å². The number of nitro groups is 1. The second kappa shape index (κ2) is 6.40. The van der Waals surface area contributed by atoms with E-state index in [1.807, 2.05) is 4.90 Å². The lowest BCUT2D eigenvalue weighted by Gasteiger charge is -2.34. The van der Waals surface area contributed by atoms with Crippen LogP contribution in [0.4, 0.5) is 11.4 Å². The van der Waals surface area contributed by atoms with Gasteiger partial charge in [0.15, 0.2) is 5.84 Å². The lowest BCUT2D eigenvalue weighted by molar-refractivity contribution is -0.384. The molecule has 1 aliphatic rings. The molecule has 1 atom stereocenters. The lowest BCUT2D eigenvalue weighted by atomic mass is 10.0. The van der Waals surface area contributed by atoms with Gasteiger partial charge in [0.25, 0.3) is 5.69 Å². The first-order valence-corrected chi connectivity index (χ1v) is 6.61. The maximum Gasteiger partial charge on any atom is 0.270 e. The van der Waals surface area contributed by atoms with Crippen molar-refractivity contribution >= 4 is 17.2 Å². The van der Waals surface area contributed by atoms with Crippen molar-refractivity contribution in [3.8, 4) is 0 Å². The number of benzene rings is 1. The van der Waals surface area contributed by atoms with Crippen LogP contribution in [-0.2, 0) is 4.74 Å².